The molecule has 0 spiro atoms. The van der Waals surface area contributed by atoms with E-state index < -0.39 is 0 Å². The fourth-order valence-electron chi connectivity index (χ4n) is 1.52. The van der Waals surface area contributed by atoms with Gasteiger partial charge in [-0.25, -0.2) is 0 Å². The molecular weight excluding hydrogens is 200 g/mol. The van der Waals surface area contributed by atoms with E-state index >= 15 is 0 Å². The van der Waals surface area contributed by atoms with Crippen LogP contribution in [0.3, 0.4) is 0 Å². The summed E-state index contributed by atoms with van der Waals surface area (Å²) in [5.41, 5.74) is 0. The Morgan fingerprint density at radius 1 is 1.12 bits per heavy atom. The Morgan fingerprint density at radius 2 is 1.88 bits per heavy atom. The van der Waals surface area contributed by atoms with Crippen molar-refractivity contribution >= 4 is 0 Å². The number of hydrogen-bond donors (Lipinski definition) is 0. The lowest BCUT2D eigenvalue weighted by Gasteiger charge is -2.16. The molecule has 0 aromatic heterocycles. The summed E-state index contributed by atoms with van der Waals surface area (Å²) < 4.78 is 11.1. The largest absolute Gasteiger partial charge is 0.493 e. The van der Waals surface area contributed by atoms with Crippen LogP contribution in [0.15, 0.2) is 12.3 Å². The number of ether oxygens (including phenoxy) is 2. The smallest absolute Gasteiger partial charge is 0.119 e. The molecule has 1 unspecified atom stereocenters. The molecule has 0 radical (unpaired) electrons. The molecule has 0 rings (SSSR count). The van der Waals surface area contributed by atoms with Gasteiger partial charge in [-0.3, -0.25) is 0 Å². The highest BCUT2D eigenvalue weighted by Gasteiger charge is 2.04. The van der Waals surface area contributed by atoms with E-state index in [4.69, 9.17) is 9.47 Å². The van der Waals surface area contributed by atoms with Gasteiger partial charge in [0.2, 0.25) is 0 Å². The predicted molar refractivity (Wildman–Crippen MR) is 69.6 cm³/mol. The molecule has 0 bridgehead atoms. The third kappa shape index (κ3) is 10.0. The summed E-state index contributed by atoms with van der Waals surface area (Å²) in [5.74, 6) is 0.906. The van der Waals surface area contributed by atoms with Gasteiger partial charge in [-0.15, -0.1) is 0 Å². The number of unbranched alkanes of at least 4 members (excludes halogenated alkanes) is 3. The molecule has 0 aromatic carbocycles. The van der Waals surface area contributed by atoms with E-state index in [-0.39, 0.29) is 6.10 Å². The van der Waals surface area contributed by atoms with Gasteiger partial charge in [0.25, 0.3) is 0 Å². The van der Waals surface area contributed by atoms with Crippen LogP contribution in [-0.4, -0.2) is 19.3 Å². The van der Waals surface area contributed by atoms with Crippen molar-refractivity contribution in [3.05, 3.63) is 12.3 Å². The third-order valence-electron chi connectivity index (χ3n) is 2.38. The van der Waals surface area contributed by atoms with Gasteiger partial charge < -0.3 is 9.47 Å². The van der Waals surface area contributed by atoms with Crippen LogP contribution in [0.1, 0.15) is 59.3 Å². The molecule has 1 atom stereocenters. The van der Waals surface area contributed by atoms with Crippen molar-refractivity contribution in [2.45, 2.75) is 65.4 Å². The summed E-state index contributed by atoms with van der Waals surface area (Å²) in [4.78, 5) is 0. The molecule has 96 valence electrons. The lowest BCUT2D eigenvalue weighted by Crippen LogP contribution is -2.15. The zero-order chi connectivity index (χ0) is 12.2. The van der Waals surface area contributed by atoms with E-state index in [0.717, 1.165) is 25.2 Å². The van der Waals surface area contributed by atoms with E-state index in [2.05, 4.69) is 20.4 Å². The van der Waals surface area contributed by atoms with Gasteiger partial charge in [0.15, 0.2) is 0 Å². The molecule has 2 heteroatoms. The molecule has 0 aliphatic carbocycles. The third-order valence-corrected chi connectivity index (χ3v) is 2.38. The second-order valence-corrected chi connectivity index (χ2v) is 4.35. The Morgan fingerprint density at radius 3 is 2.50 bits per heavy atom. The van der Waals surface area contributed by atoms with Gasteiger partial charge in [0.1, 0.15) is 6.10 Å². The fraction of sp³-hybridized carbons (Fsp3) is 0.857. The summed E-state index contributed by atoms with van der Waals surface area (Å²) in [5, 5.41) is 0. The average molecular weight is 228 g/mol. The summed E-state index contributed by atoms with van der Waals surface area (Å²) >= 11 is 0. The van der Waals surface area contributed by atoms with Gasteiger partial charge >= 0.3 is 0 Å². The minimum Gasteiger partial charge on any atom is -0.493 e. The van der Waals surface area contributed by atoms with Crippen LogP contribution in [-0.2, 0) is 9.47 Å². The van der Waals surface area contributed by atoms with Crippen molar-refractivity contribution in [2.24, 2.45) is 0 Å². The highest BCUT2D eigenvalue weighted by Crippen LogP contribution is 2.11. The van der Waals surface area contributed by atoms with E-state index in [1.54, 1.807) is 0 Å². The summed E-state index contributed by atoms with van der Waals surface area (Å²) in [6, 6.07) is 0. The van der Waals surface area contributed by atoms with Crippen LogP contribution in [0.4, 0.5) is 0 Å². The quantitative estimate of drug-likeness (QED) is 0.388. The van der Waals surface area contributed by atoms with Crippen molar-refractivity contribution in [3.63, 3.8) is 0 Å². The lowest BCUT2D eigenvalue weighted by molar-refractivity contribution is 0.0231. The number of hydrogen-bond acceptors (Lipinski definition) is 2. The van der Waals surface area contributed by atoms with Crippen LogP contribution < -0.4 is 0 Å². The Hall–Kier alpha value is -0.500. The zero-order valence-corrected chi connectivity index (χ0v) is 11.3. The van der Waals surface area contributed by atoms with Crippen LogP contribution >= 0.6 is 0 Å². The average Bonchev–Trinajstić information content (AvgIpc) is 2.25. The van der Waals surface area contributed by atoms with Crippen LogP contribution in [0.25, 0.3) is 0 Å². The maximum Gasteiger partial charge on any atom is 0.119 e. The molecule has 0 fully saturated rings. The Bertz CT molecular complexity index is 166. The molecule has 2 nitrogen and oxygen atoms in total. The molecule has 0 saturated heterocycles. The van der Waals surface area contributed by atoms with Crippen LogP contribution in [0, 0.1) is 0 Å². The van der Waals surface area contributed by atoms with E-state index in [1.807, 2.05) is 6.92 Å². The monoisotopic (exact) mass is 228 g/mol. The van der Waals surface area contributed by atoms with Gasteiger partial charge in [0, 0.05) is 13.0 Å². The lowest BCUT2D eigenvalue weighted by atomic mass is 10.1. The van der Waals surface area contributed by atoms with E-state index in [9.17, 15) is 0 Å². The fourth-order valence-corrected chi connectivity index (χ4v) is 1.52. The molecule has 16 heavy (non-hydrogen) atoms. The first-order valence-corrected chi connectivity index (χ1v) is 6.62. The standard InChI is InChI=1S/C14H28O2/c1-5-7-8-9-10-13(3)16-14(4)12-15-11-6-2/h14H,3,5-12H2,1-2,4H3. The van der Waals surface area contributed by atoms with Crippen molar-refractivity contribution in [1.82, 2.24) is 0 Å². The highest BCUT2D eigenvalue weighted by molar-refractivity contribution is 4.83. The highest BCUT2D eigenvalue weighted by atomic mass is 16.5. The molecule has 0 heterocycles. The minimum absolute atomic E-state index is 0.130. The maximum absolute atomic E-state index is 5.66. The van der Waals surface area contributed by atoms with Crippen LogP contribution in [0.2, 0.25) is 0 Å². The Labute approximate surface area is 101 Å². The molecule has 0 aliphatic heterocycles. The van der Waals surface area contributed by atoms with Gasteiger partial charge in [-0.1, -0.05) is 39.7 Å². The number of rotatable bonds is 11. The van der Waals surface area contributed by atoms with Crippen LogP contribution in [0.5, 0.6) is 0 Å². The first-order chi connectivity index (χ1) is 7.70. The summed E-state index contributed by atoms with van der Waals surface area (Å²) in [7, 11) is 0. The molecule has 0 saturated carbocycles. The second kappa shape index (κ2) is 11.0. The predicted octanol–water partition coefficient (Wildman–Crippen LogP) is 4.30. The maximum atomic E-state index is 5.66. The molecule has 0 aliphatic rings. The zero-order valence-electron chi connectivity index (χ0n) is 11.3. The second-order valence-electron chi connectivity index (χ2n) is 4.35. The van der Waals surface area contributed by atoms with E-state index in [1.165, 1.54) is 25.7 Å². The molecule has 0 aromatic rings. The first-order valence-electron chi connectivity index (χ1n) is 6.62. The van der Waals surface area contributed by atoms with E-state index in [0.29, 0.717) is 6.61 Å². The van der Waals surface area contributed by atoms with Gasteiger partial charge in [-0.05, 0) is 19.8 Å². The summed E-state index contributed by atoms with van der Waals surface area (Å²) in [6.45, 7) is 11.8. The molecule has 0 N–H and O–H groups in total. The normalized spacial score (nSPS) is 12.4. The Kier molecular flexibility index (Phi) is 10.7. The minimum atomic E-state index is 0.130. The van der Waals surface area contributed by atoms with Crippen molar-refractivity contribution < 1.29 is 9.47 Å². The van der Waals surface area contributed by atoms with Gasteiger partial charge in [0.05, 0.1) is 12.4 Å². The number of allylic oxidation sites excluding steroid dienone is 1. The molecule has 0 amide bonds. The molecular formula is C14H28O2. The van der Waals surface area contributed by atoms with Gasteiger partial charge in [-0.2, -0.15) is 0 Å². The van der Waals surface area contributed by atoms with Crippen molar-refractivity contribution in [3.8, 4) is 0 Å². The first kappa shape index (κ1) is 15.5. The SMILES string of the molecule is C=C(CCCCCC)OC(C)COCCC. The topological polar surface area (TPSA) is 18.5 Å². The Balaban J connectivity index is 3.39. The van der Waals surface area contributed by atoms with Crippen molar-refractivity contribution in [2.75, 3.05) is 13.2 Å². The summed E-state index contributed by atoms with van der Waals surface area (Å²) in [6.07, 6.45) is 7.22. The van der Waals surface area contributed by atoms with Crippen molar-refractivity contribution in [1.29, 1.82) is 0 Å².